The molecule has 1 atom stereocenters. The molecule has 0 aliphatic carbocycles. The highest BCUT2D eigenvalue weighted by Crippen LogP contribution is 2.19. The molecular formula is C15H17N7. The molecule has 0 amide bonds. The number of hydrogen-bond donors (Lipinski definition) is 3. The van der Waals surface area contributed by atoms with Gasteiger partial charge in [-0.1, -0.05) is 24.3 Å². The van der Waals surface area contributed by atoms with E-state index < -0.39 is 0 Å². The summed E-state index contributed by atoms with van der Waals surface area (Å²) in [6, 6.07) is 10.9. The van der Waals surface area contributed by atoms with Gasteiger partial charge in [0, 0.05) is 12.4 Å². The lowest BCUT2D eigenvalue weighted by atomic mass is 10.2. The van der Waals surface area contributed by atoms with Gasteiger partial charge in [0.25, 0.3) is 0 Å². The molecule has 3 heterocycles. The molecule has 2 aromatic rings. The molecule has 0 saturated carbocycles. The standard InChI is InChI=1S/C15H17N7/c16-15-12(6-5-11-21(15)17)20-22(13-7-1-3-9-18-13)14-8-2-4-10-19-14/h1-10,12,16,20H,11,17H2. The zero-order chi connectivity index (χ0) is 15.4. The van der Waals surface area contributed by atoms with Crippen LogP contribution in [-0.4, -0.2) is 33.4 Å². The van der Waals surface area contributed by atoms with Crippen molar-refractivity contribution in [3.05, 3.63) is 60.9 Å². The molecule has 1 unspecified atom stereocenters. The summed E-state index contributed by atoms with van der Waals surface area (Å²) in [6.45, 7) is 0.532. The second-order valence-electron chi connectivity index (χ2n) is 4.78. The maximum atomic E-state index is 8.09. The molecule has 0 radical (unpaired) electrons. The average Bonchev–Trinajstić information content (AvgIpc) is 2.58. The second-order valence-corrected chi connectivity index (χ2v) is 4.78. The van der Waals surface area contributed by atoms with Crippen molar-refractivity contribution < 1.29 is 0 Å². The van der Waals surface area contributed by atoms with Crippen LogP contribution in [0.25, 0.3) is 0 Å². The minimum atomic E-state index is -0.345. The van der Waals surface area contributed by atoms with E-state index in [1.54, 1.807) is 17.4 Å². The molecule has 1 aliphatic rings. The summed E-state index contributed by atoms with van der Waals surface area (Å²) < 4.78 is 0. The molecule has 112 valence electrons. The Labute approximate surface area is 128 Å². The maximum Gasteiger partial charge on any atom is 0.148 e. The first-order chi connectivity index (χ1) is 10.8. The third kappa shape index (κ3) is 2.95. The lowest BCUT2D eigenvalue weighted by Gasteiger charge is -2.32. The molecule has 0 spiro atoms. The largest absolute Gasteiger partial charge is 0.293 e. The van der Waals surface area contributed by atoms with Crippen molar-refractivity contribution >= 4 is 17.5 Å². The fourth-order valence-corrected chi connectivity index (χ4v) is 2.14. The number of anilines is 2. The number of nitrogens with zero attached hydrogens (tertiary/aromatic N) is 4. The van der Waals surface area contributed by atoms with Gasteiger partial charge in [0.1, 0.15) is 23.5 Å². The lowest BCUT2D eigenvalue weighted by Crippen LogP contribution is -2.54. The molecule has 0 aromatic carbocycles. The van der Waals surface area contributed by atoms with E-state index >= 15 is 0 Å². The molecule has 0 saturated heterocycles. The molecule has 22 heavy (non-hydrogen) atoms. The Hall–Kier alpha value is -2.77. The third-order valence-electron chi connectivity index (χ3n) is 3.26. The van der Waals surface area contributed by atoms with E-state index in [9.17, 15) is 0 Å². The van der Waals surface area contributed by atoms with Gasteiger partial charge >= 0.3 is 0 Å². The third-order valence-corrected chi connectivity index (χ3v) is 3.26. The van der Waals surface area contributed by atoms with E-state index in [1.165, 1.54) is 5.01 Å². The van der Waals surface area contributed by atoms with E-state index in [1.807, 2.05) is 48.6 Å². The summed E-state index contributed by atoms with van der Waals surface area (Å²) in [4.78, 5) is 8.70. The number of nitrogens with one attached hydrogen (secondary N) is 2. The monoisotopic (exact) mass is 295 g/mol. The molecule has 1 aliphatic heterocycles. The van der Waals surface area contributed by atoms with Gasteiger partial charge < -0.3 is 0 Å². The Morgan fingerprint density at radius 2 is 1.77 bits per heavy atom. The average molecular weight is 295 g/mol. The summed E-state index contributed by atoms with van der Waals surface area (Å²) >= 11 is 0. The van der Waals surface area contributed by atoms with Crippen LogP contribution in [0.3, 0.4) is 0 Å². The Balaban J connectivity index is 1.91. The maximum absolute atomic E-state index is 8.09. The fourth-order valence-electron chi connectivity index (χ4n) is 2.14. The highest BCUT2D eigenvalue weighted by Gasteiger charge is 2.23. The van der Waals surface area contributed by atoms with Crippen molar-refractivity contribution in [1.29, 1.82) is 5.41 Å². The number of hydrazine groups is 2. The molecule has 0 bridgehead atoms. The summed E-state index contributed by atoms with van der Waals surface area (Å²) in [5.74, 6) is 7.46. The Kier molecular flexibility index (Phi) is 4.08. The van der Waals surface area contributed by atoms with Gasteiger partial charge in [0.15, 0.2) is 0 Å². The smallest absolute Gasteiger partial charge is 0.148 e. The molecule has 7 nitrogen and oxygen atoms in total. The predicted molar refractivity (Wildman–Crippen MR) is 85.3 cm³/mol. The normalized spacial score (nSPS) is 17.6. The quantitative estimate of drug-likeness (QED) is 0.446. The van der Waals surface area contributed by atoms with Crippen molar-refractivity contribution in [2.75, 3.05) is 11.6 Å². The van der Waals surface area contributed by atoms with Crippen LogP contribution in [0.1, 0.15) is 0 Å². The predicted octanol–water partition coefficient (Wildman–Crippen LogP) is 1.21. The molecule has 2 aromatic heterocycles. The number of hydrogen-bond acceptors (Lipinski definition) is 6. The van der Waals surface area contributed by atoms with E-state index in [-0.39, 0.29) is 6.04 Å². The van der Waals surface area contributed by atoms with Crippen LogP contribution >= 0.6 is 0 Å². The zero-order valence-corrected chi connectivity index (χ0v) is 11.9. The number of nitrogens with two attached hydrogens (primary N) is 1. The Morgan fingerprint density at radius 1 is 1.14 bits per heavy atom. The SMILES string of the molecule is N=C1C(NN(c2ccccn2)c2ccccn2)C=CCN1N. The Morgan fingerprint density at radius 3 is 2.32 bits per heavy atom. The van der Waals surface area contributed by atoms with E-state index in [0.29, 0.717) is 24.0 Å². The first-order valence-corrected chi connectivity index (χ1v) is 6.91. The van der Waals surface area contributed by atoms with Gasteiger partial charge in [-0.05, 0) is 24.3 Å². The number of amidine groups is 1. The van der Waals surface area contributed by atoms with Gasteiger partial charge in [0.2, 0.25) is 0 Å². The highest BCUT2D eigenvalue weighted by atomic mass is 15.6. The van der Waals surface area contributed by atoms with E-state index in [4.69, 9.17) is 11.3 Å². The highest BCUT2D eigenvalue weighted by molar-refractivity contribution is 5.87. The molecule has 4 N–H and O–H groups in total. The van der Waals surface area contributed by atoms with E-state index in [2.05, 4.69) is 15.4 Å². The molecular weight excluding hydrogens is 278 g/mol. The lowest BCUT2D eigenvalue weighted by molar-refractivity contribution is 0.446. The second kappa shape index (κ2) is 6.33. The van der Waals surface area contributed by atoms with Gasteiger partial charge in [0.05, 0.1) is 6.54 Å². The van der Waals surface area contributed by atoms with Crippen molar-refractivity contribution in [2.24, 2.45) is 5.84 Å². The van der Waals surface area contributed by atoms with Crippen LogP contribution in [0.4, 0.5) is 11.6 Å². The summed E-state index contributed by atoms with van der Waals surface area (Å²) in [5.41, 5.74) is 3.24. The topological polar surface area (TPSA) is 94.2 Å². The molecule has 3 rings (SSSR count). The van der Waals surface area contributed by atoms with Crippen LogP contribution in [-0.2, 0) is 0 Å². The minimum absolute atomic E-state index is 0.291. The van der Waals surface area contributed by atoms with Gasteiger partial charge in [-0.15, -0.1) is 0 Å². The van der Waals surface area contributed by atoms with Crippen molar-refractivity contribution in [3.63, 3.8) is 0 Å². The van der Waals surface area contributed by atoms with Crippen LogP contribution in [0.5, 0.6) is 0 Å². The van der Waals surface area contributed by atoms with Gasteiger partial charge in [-0.2, -0.15) is 0 Å². The van der Waals surface area contributed by atoms with Gasteiger partial charge in [-0.25, -0.2) is 26.2 Å². The molecule has 7 heteroatoms. The summed E-state index contributed by atoms with van der Waals surface area (Å²) in [6.07, 6.45) is 7.25. The minimum Gasteiger partial charge on any atom is -0.293 e. The van der Waals surface area contributed by atoms with Crippen molar-refractivity contribution in [2.45, 2.75) is 6.04 Å². The van der Waals surface area contributed by atoms with Crippen LogP contribution in [0, 0.1) is 5.41 Å². The summed E-state index contributed by atoms with van der Waals surface area (Å²) in [7, 11) is 0. The zero-order valence-electron chi connectivity index (χ0n) is 11.9. The first-order valence-electron chi connectivity index (χ1n) is 6.91. The van der Waals surface area contributed by atoms with Gasteiger partial charge in [-0.3, -0.25) is 10.4 Å². The van der Waals surface area contributed by atoms with Crippen LogP contribution < -0.4 is 16.3 Å². The number of aromatic nitrogens is 2. The Bertz CT molecular complexity index is 617. The number of rotatable bonds is 4. The molecule has 0 fully saturated rings. The van der Waals surface area contributed by atoms with Crippen molar-refractivity contribution in [3.8, 4) is 0 Å². The van der Waals surface area contributed by atoms with E-state index in [0.717, 1.165) is 0 Å². The summed E-state index contributed by atoms with van der Waals surface area (Å²) in [5, 5.41) is 11.2. The first kappa shape index (κ1) is 14.2. The fraction of sp³-hybridized carbons (Fsp3) is 0.133. The number of pyridine rings is 2. The van der Waals surface area contributed by atoms with Crippen LogP contribution in [0.2, 0.25) is 0 Å². The van der Waals surface area contributed by atoms with Crippen molar-refractivity contribution in [1.82, 2.24) is 20.4 Å². The van der Waals surface area contributed by atoms with Crippen LogP contribution in [0.15, 0.2) is 60.9 Å².